The zero-order valence-electron chi connectivity index (χ0n) is 8.45. The first kappa shape index (κ1) is 10.4. The van der Waals surface area contributed by atoms with Gasteiger partial charge < -0.3 is 5.32 Å². The summed E-state index contributed by atoms with van der Waals surface area (Å²) in [5, 5.41) is 4.10. The van der Waals surface area contributed by atoms with E-state index in [9.17, 15) is 0 Å². The van der Waals surface area contributed by atoms with E-state index in [1.54, 1.807) is 0 Å². The van der Waals surface area contributed by atoms with Gasteiger partial charge in [-0.05, 0) is 37.5 Å². The summed E-state index contributed by atoms with van der Waals surface area (Å²) in [5.41, 5.74) is 3.59. The molecular formula is C11H16ClN. The minimum Gasteiger partial charge on any atom is -0.384 e. The maximum atomic E-state index is 6.13. The van der Waals surface area contributed by atoms with Crippen LogP contribution in [0.4, 0.5) is 5.69 Å². The third kappa shape index (κ3) is 2.38. The van der Waals surface area contributed by atoms with Crippen LogP contribution < -0.4 is 5.32 Å². The van der Waals surface area contributed by atoms with Crippen molar-refractivity contribution in [3.05, 3.63) is 28.3 Å². The van der Waals surface area contributed by atoms with Gasteiger partial charge in [0.2, 0.25) is 0 Å². The Labute approximate surface area is 85.1 Å². The molecule has 1 aromatic rings. The normalized spacial score (nSPS) is 10.2. The molecule has 13 heavy (non-hydrogen) atoms. The quantitative estimate of drug-likeness (QED) is 0.780. The Morgan fingerprint density at radius 2 is 2.00 bits per heavy atom. The standard InChI is InChI=1S/C11H16ClN/c1-4-9-6-8(3)11(13-5-2)10(12)7-9/h6-7,13H,4-5H2,1-3H3. The van der Waals surface area contributed by atoms with E-state index in [1.807, 2.05) is 6.07 Å². The Bertz CT molecular complexity index is 271. The molecule has 0 aliphatic carbocycles. The number of nitrogens with one attached hydrogen (secondary N) is 1. The van der Waals surface area contributed by atoms with Crippen molar-refractivity contribution in [3.63, 3.8) is 0 Å². The summed E-state index contributed by atoms with van der Waals surface area (Å²) in [6.45, 7) is 7.20. The second-order valence-electron chi connectivity index (χ2n) is 3.15. The summed E-state index contributed by atoms with van der Waals surface area (Å²) in [5.74, 6) is 0. The second kappa shape index (κ2) is 4.52. The summed E-state index contributed by atoms with van der Waals surface area (Å²) in [6, 6.07) is 4.22. The fourth-order valence-electron chi connectivity index (χ4n) is 1.42. The monoisotopic (exact) mass is 197 g/mol. The van der Waals surface area contributed by atoms with E-state index >= 15 is 0 Å². The van der Waals surface area contributed by atoms with E-state index in [4.69, 9.17) is 11.6 Å². The molecule has 0 saturated heterocycles. The molecule has 0 aliphatic rings. The van der Waals surface area contributed by atoms with Crippen molar-refractivity contribution in [2.24, 2.45) is 0 Å². The summed E-state index contributed by atoms with van der Waals surface area (Å²) < 4.78 is 0. The molecule has 0 atom stereocenters. The molecule has 0 aliphatic heterocycles. The van der Waals surface area contributed by atoms with E-state index in [-0.39, 0.29) is 0 Å². The van der Waals surface area contributed by atoms with Crippen molar-refractivity contribution in [1.82, 2.24) is 0 Å². The Balaban J connectivity index is 3.07. The highest BCUT2D eigenvalue weighted by atomic mass is 35.5. The van der Waals surface area contributed by atoms with Crippen molar-refractivity contribution in [2.45, 2.75) is 27.2 Å². The summed E-state index contributed by atoms with van der Waals surface area (Å²) in [6.07, 6.45) is 1.03. The summed E-state index contributed by atoms with van der Waals surface area (Å²) in [7, 11) is 0. The molecule has 1 aromatic carbocycles. The van der Waals surface area contributed by atoms with E-state index in [0.29, 0.717) is 0 Å². The van der Waals surface area contributed by atoms with Crippen LogP contribution in [-0.4, -0.2) is 6.54 Å². The van der Waals surface area contributed by atoms with Crippen LogP contribution >= 0.6 is 11.6 Å². The van der Waals surface area contributed by atoms with Crippen LogP contribution in [0.15, 0.2) is 12.1 Å². The fourth-order valence-corrected chi connectivity index (χ4v) is 1.78. The molecule has 0 amide bonds. The zero-order chi connectivity index (χ0) is 9.84. The molecule has 1 rings (SSSR count). The average molecular weight is 198 g/mol. The van der Waals surface area contributed by atoms with Gasteiger partial charge in [0.1, 0.15) is 0 Å². The molecule has 0 bridgehead atoms. The van der Waals surface area contributed by atoms with Crippen LogP contribution in [0.3, 0.4) is 0 Å². The van der Waals surface area contributed by atoms with Gasteiger partial charge in [0.05, 0.1) is 10.7 Å². The lowest BCUT2D eigenvalue weighted by atomic mass is 10.1. The predicted molar refractivity (Wildman–Crippen MR) is 59.7 cm³/mol. The van der Waals surface area contributed by atoms with Crippen molar-refractivity contribution in [1.29, 1.82) is 0 Å². The Morgan fingerprint density at radius 3 is 2.46 bits per heavy atom. The Kier molecular flexibility index (Phi) is 3.61. The lowest BCUT2D eigenvalue weighted by molar-refractivity contribution is 1.12. The molecule has 0 heterocycles. The molecule has 0 fully saturated rings. The zero-order valence-corrected chi connectivity index (χ0v) is 9.20. The van der Waals surface area contributed by atoms with Crippen LogP contribution in [0.2, 0.25) is 5.02 Å². The third-order valence-electron chi connectivity index (χ3n) is 2.11. The van der Waals surface area contributed by atoms with Crippen molar-refractivity contribution < 1.29 is 0 Å². The van der Waals surface area contributed by atoms with Crippen LogP contribution in [0, 0.1) is 6.92 Å². The summed E-state index contributed by atoms with van der Waals surface area (Å²) in [4.78, 5) is 0. The lowest BCUT2D eigenvalue weighted by Crippen LogP contribution is -2.00. The maximum Gasteiger partial charge on any atom is 0.0642 e. The number of hydrogen-bond donors (Lipinski definition) is 1. The van der Waals surface area contributed by atoms with Gasteiger partial charge in [-0.25, -0.2) is 0 Å². The molecule has 1 N–H and O–H groups in total. The highest BCUT2D eigenvalue weighted by Crippen LogP contribution is 2.27. The third-order valence-corrected chi connectivity index (χ3v) is 2.41. The largest absolute Gasteiger partial charge is 0.384 e. The Hall–Kier alpha value is -0.690. The smallest absolute Gasteiger partial charge is 0.0642 e. The molecule has 2 heteroatoms. The molecule has 0 unspecified atom stereocenters. The number of aryl methyl sites for hydroxylation is 2. The van der Waals surface area contributed by atoms with Crippen molar-refractivity contribution in [3.8, 4) is 0 Å². The molecule has 0 radical (unpaired) electrons. The number of hydrogen-bond acceptors (Lipinski definition) is 1. The van der Waals surface area contributed by atoms with E-state index in [1.165, 1.54) is 11.1 Å². The van der Waals surface area contributed by atoms with Crippen molar-refractivity contribution >= 4 is 17.3 Å². The predicted octanol–water partition coefficient (Wildman–Crippen LogP) is 3.64. The highest BCUT2D eigenvalue weighted by molar-refractivity contribution is 6.33. The molecule has 0 saturated carbocycles. The van der Waals surface area contributed by atoms with Crippen molar-refractivity contribution in [2.75, 3.05) is 11.9 Å². The number of anilines is 1. The minimum absolute atomic E-state index is 0.832. The van der Waals surface area contributed by atoms with Crippen LogP contribution in [0.1, 0.15) is 25.0 Å². The van der Waals surface area contributed by atoms with Gasteiger partial charge in [-0.15, -0.1) is 0 Å². The van der Waals surface area contributed by atoms with E-state index in [0.717, 1.165) is 23.7 Å². The highest BCUT2D eigenvalue weighted by Gasteiger charge is 2.04. The number of rotatable bonds is 3. The van der Waals surface area contributed by atoms with Gasteiger partial charge in [-0.1, -0.05) is 24.6 Å². The van der Waals surface area contributed by atoms with Gasteiger partial charge in [-0.3, -0.25) is 0 Å². The average Bonchev–Trinajstić information content (AvgIpc) is 2.11. The van der Waals surface area contributed by atoms with Gasteiger partial charge in [-0.2, -0.15) is 0 Å². The first-order chi connectivity index (χ1) is 6.19. The minimum atomic E-state index is 0.832. The van der Waals surface area contributed by atoms with Gasteiger partial charge in [0.25, 0.3) is 0 Å². The lowest BCUT2D eigenvalue weighted by Gasteiger charge is -2.11. The van der Waals surface area contributed by atoms with E-state index in [2.05, 4.69) is 32.2 Å². The van der Waals surface area contributed by atoms with Crippen LogP contribution in [0.5, 0.6) is 0 Å². The van der Waals surface area contributed by atoms with Gasteiger partial charge >= 0.3 is 0 Å². The SMILES string of the molecule is CCNc1c(C)cc(CC)cc1Cl. The van der Waals surface area contributed by atoms with Crippen LogP contribution in [-0.2, 0) is 6.42 Å². The van der Waals surface area contributed by atoms with Crippen LogP contribution in [0.25, 0.3) is 0 Å². The van der Waals surface area contributed by atoms with Gasteiger partial charge in [0, 0.05) is 6.54 Å². The molecular weight excluding hydrogens is 182 g/mol. The first-order valence-corrected chi connectivity index (χ1v) is 5.09. The second-order valence-corrected chi connectivity index (χ2v) is 3.56. The fraction of sp³-hybridized carbons (Fsp3) is 0.455. The Morgan fingerprint density at radius 1 is 1.31 bits per heavy atom. The summed E-state index contributed by atoms with van der Waals surface area (Å²) >= 11 is 6.13. The van der Waals surface area contributed by atoms with E-state index < -0.39 is 0 Å². The molecule has 0 spiro atoms. The molecule has 0 aromatic heterocycles. The van der Waals surface area contributed by atoms with Gasteiger partial charge in [0.15, 0.2) is 0 Å². The molecule has 1 nitrogen and oxygen atoms in total. The number of benzene rings is 1. The molecule has 72 valence electrons. The topological polar surface area (TPSA) is 12.0 Å². The maximum absolute atomic E-state index is 6.13. The number of halogens is 1. The first-order valence-electron chi connectivity index (χ1n) is 4.72.